The summed E-state index contributed by atoms with van der Waals surface area (Å²) in [6, 6.07) is 6.58. The number of benzene rings is 1. The summed E-state index contributed by atoms with van der Waals surface area (Å²) in [5.41, 5.74) is 3.73. The van der Waals surface area contributed by atoms with Crippen molar-refractivity contribution in [2.45, 2.75) is 71.0 Å². The van der Waals surface area contributed by atoms with Gasteiger partial charge in [0.25, 0.3) is 0 Å². The van der Waals surface area contributed by atoms with E-state index in [2.05, 4.69) is 26.0 Å². The molecule has 0 aliphatic heterocycles. The second-order valence-corrected chi connectivity index (χ2v) is 10.6. The first kappa shape index (κ1) is 19.5. The van der Waals surface area contributed by atoms with Crippen molar-refractivity contribution in [1.82, 2.24) is 0 Å². The maximum Gasteiger partial charge on any atom is 0.123 e. The Kier molecular flexibility index (Phi) is 4.56. The number of aliphatic hydroxyl groups is 2. The molecule has 1 aromatic carbocycles. The maximum atomic E-state index is 13.3. The first-order valence-corrected chi connectivity index (χ1v) is 11.3. The predicted molar refractivity (Wildman–Crippen MR) is 113 cm³/mol. The highest BCUT2D eigenvalue weighted by Crippen LogP contribution is 2.65. The molecule has 4 aliphatic rings. The summed E-state index contributed by atoms with van der Waals surface area (Å²) in [5, 5.41) is 21.5. The molecule has 2 N–H and O–H groups in total. The van der Waals surface area contributed by atoms with Crippen LogP contribution in [0.2, 0.25) is 0 Å². The first-order chi connectivity index (χ1) is 13.8. The lowest BCUT2D eigenvalue weighted by Gasteiger charge is -2.57. The van der Waals surface area contributed by atoms with E-state index in [0.29, 0.717) is 17.8 Å². The molecular weight excluding hydrogens is 363 g/mol. The molecule has 0 amide bonds. The molecule has 5 rings (SSSR count). The van der Waals surface area contributed by atoms with Gasteiger partial charge in [-0.1, -0.05) is 43.7 Å². The van der Waals surface area contributed by atoms with Crippen molar-refractivity contribution in [3.05, 3.63) is 52.9 Å². The van der Waals surface area contributed by atoms with Crippen LogP contribution in [0.15, 0.2) is 41.5 Å². The summed E-state index contributed by atoms with van der Waals surface area (Å²) >= 11 is 0. The Morgan fingerprint density at radius 2 is 1.76 bits per heavy atom. The number of allylic oxidation sites excluding steroid dienone is 1. The first-order valence-electron chi connectivity index (χ1n) is 11.3. The smallest absolute Gasteiger partial charge is 0.123 e. The van der Waals surface area contributed by atoms with E-state index in [1.165, 1.54) is 24.1 Å². The third-order valence-corrected chi connectivity index (χ3v) is 9.17. The highest BCUT2D eigenvalue weighted by molar-refractivity contribution is 5.55. The second-order valence-electron chi connectivity index (χ2n) is 10.6. The van der Waals surface area contributed by atoms with Gasteiger partial charge in [-0.2, -0.15) is 0 Å². The fourth-order valence-corrected chi connectivity index (χ4v) is 7.41. The van der Waals surface area contributed by atoms with Gasteiger partial charge >= 0.3 is 0 Å². The average molecular weight is 397 g/mol. The fraction of sp³-hybridized carbons (Fsp3) is 0.615. The molecule has 3 saturated carbocycles. The number of fused-ring (bicyclic) bond motifs is 5. The van der Waals surface area contributed by atoms with Crippen LogP contribution in [0.5, 0.6) is 0 Å². The molecule has 0 spiro atoms. The minimum atomic E-state index is -0.412. The average Bonchev–Trinajstić information content (AvgIpc) is 2.95. The van der Waals surface area contributed by atoms with Gasteiger partial charge in [-0.15, -0.1) is 0 Å². The topological polar surface area (TPSA) is 40.5 Å². The van der Waals surface area contributed by atoms with Crippen molar-refractivity contribution in [1.29, 1.82) is 0 Å². The standard InChI is InChI=1S/C26H33FO2/c1-25-11-9-20(28)15-18(25)5-8-21-22(25)10-12-26(2)23(21)14-17(24(26)29)13-16-3-6-19(27)7-4-16/h3-7,13,20-24,28-29H,8-12,14-15H2,1-2H3/b17-13+/t20-,21-,22+,23+,24+,25-,26-/m0/s1. The number of aliphatic hydroxyl groups excluding tert-OH is 2. The molecule has 156 valence electrons. The van der Waals surface area contributed by atoms with Crippen LogP contribution < -0.4 is 0 Å². The van der Waals surface area contributed by atoms with Crippen LogP contribution in [-0.4, -0.2) is 22.4 Å². The third-order valence-electron chi connectivity index (χ3n) is 9.17. The van der Waals surface area contributed by atoms with Crippen molar-refractivity contribution in [3.8, 4) is 0 Å². The van der Waals surface area contributed by atoms with Crippen molar-refractivity contribution in [2.75, 3.05) is 0 Å². The SMILES string of the molecule is C[C@]12CC[C@@H]3[C@H](CC=C4C[C@@H](O)CC[C@@]43C)[C@H]1C/C(=C\c1ccc(F)cc1)[C@H]2O. The van der Waals surface area contributed by atoms with Gasteiger partial charge in [0.1, 0.15) is 5.82 Å². The Balaban J connectivity index is 1.46. The van der Waals surface area contributed by atoms with Crippen molar-refractivity contribution < 1.29 is 14.6 Å². The van der Waals surface area contributed by atoms with Gasteiger partial charge in [0.05, 0.1) is 12.2 Å². The Bertz CT molecular complexity index is 856. The molecule has 0 bridgehead atoms. The molecule has 0 heterocycles. The molecule has 0 unspecified atom stereocenters. The van der Waals surface area contributed by atoms with Crippen molar-refractivity contribution in [2.24, 2.45) is 28.6 Å². The summed E-state index contributed by atoms with van der Waals surface area (Å²) in [7, 11) is 0. The summed E-state index contributed by atoms with van der Waals surface area (Å²) in [6.07, 6.45) is 11.0. The van der Waals surface area contributed by atoms with E-state index in [1.54, 1.807) is 12.1 Å². The minimum absolute atomic E-state index is 0.0666. The zero-order valence-electron chi connectivity index (χ0n) is 17.6. The van der Waals surface area contributed by atoms with Crippen LogP contribution >= 0.6 is 0 Å². The summed E-state index contributed by atoms with van der Waals surface area (Å²) < 4.78 is 13.3. The lowest BCUT2D eigenvalue weighted by atomic mass is 9.48. The normalized spacial score (nSPS) is 45.3. The van der Waals surface area contributed by atoms with Crippen molar-refractivity contribution in [3.63, 3.8) is 0 Å². The van der Waals surface area contributed by atoms with Crippen LogP contribution in [0.3, 0.4) is 0 Å². The molecule has 0 aromatic heterocycles. The number of hydrogen-bond acceptors (Lipinski definition) is 2. The number of hydrogen-bond donors (Lipinski definition) is 2. The Labute approximate surface area is 173 Å². The Morgan fingerprint density at radius 1 is 1.00 bits per heavy atom. The molecule has 4 aliphatic carbocycles. The van der Waals surface area contributed by atoms with E-state index in [9.17, 15) is 14.6 Å². The molecule has 7 atom stereocenters. The van der Waals surface area contributed by atoms with E-state index in [0.717, 1.165) is 49.7 Å². The van der Waals surface area contributed by atoms with Gasteiger partial charge < -0.3 is 10.2 Å². The van der Waals surface area contributed by atoms with Gasteiger partial charge in [-0.25, -0.2) is 4.39 Å². The van der Waals surface area contributed by atoms with Crippen LogP contribution in [-0.2, 0) is 0 Å². The Morgan fingerprint density at radius 3 is 2.52 bits per heavy atom. The van der Waals surface area contributed by atoms with Crippen LogP contribution in [0, 0.1) is 34.4 Å². The monoisotopic (exact) mass is 396 g/mol. The van der Waals surface area contributed by atoms with Gasteiger partial charge in [-0.3, -0.25) is 0 Å². The number of rotatable bonds is 1. The second kappa shape index (κ2) is 6.78. The van der Waals surface area contributed by atoms with Crippen LogP contribution in [0.4, 0.5) is 4.39 Å². The van der Waals surface area contributed by atoms with Gasteiger partial charge in [0.15, 0.2) is 0 Å². The van der Waals surface area contributed by atoms with E-state index in [-0.39, 0.29) is 22.8 Å². The zero-order chi connectivity index (χ0) is 20.4. The molecule has 0 radical (unpaired) electrons. The quantitative estimate of drug-likeness (QED) is 0.615. The highest BCUT2D eigenvalue weighted by Gasteiger charge is 2.59. The van der Waals surface area contributed by atoms with Crippen molar-refractivity contribution >= 4 is 6.08 Å². The molecule has 1 aromatic rings. The largest absolute Gasteiger partial charge is 0.393 e. The summed E-state index contributed by atoms with van der Waals surface area (Å²) in [5.74, 6) is 1.53. The molecule has 0 saturated heterocycles. The molecule has 29 heavy (non-hydrogen) atoms. The number of halogens is 1. The summed E-state index contributed by atoms with van der Waals surface area (Å²) in [4.78, 5) is 0. The lowest BCUT2D eigenvalue weighted by Crippen LogP contribution is -2.51. The van der Waals surface area contributed by atoms with Crippen LogP contribution in [0.1, 0.15) is 64.4 Å². The molecule has 2 nitrogen and oxygen atoms in total. The van der Waals surface area contributed by atoms with E-state index >= 15 is 0 Å². The third kappa shape index (κ3) is 2.96. The van der Waals surface area contributed by atoms with Gasteiger partial charge in [-0.05, 0) is 91.4 Å². The maximum absolute atomic E-state index is 13.3. The predicted octanol–water partition coefficient (Wildman–Crippen LogP) is 5.50. The molecule has 3 heteroatoms. The molecular formula is C26H33FO2. The summed E-state index contributed by atoms with van der Waals surface area (Å²) in [6.45, 7) is 4.72. The minimum Gasteiger partial charge on any atom is -0.393 e. The highest BCUT2D eigenvalue weighted by atomic mass is 19.1. The molecule has 3 fully saturated rings. The van der Waals surface area contributed by atoms with Gasteiger partial charge in [0.2, 0.25) is 0 Å². The van der Waals surface area contributed by atoms with E-state index in [4.69, 9.17) is 0 Å². The lowest BCUT2D eigenvalue weighted by molar-refractivity contribution is -0.0685. The zero-order valence-corrected chi connectivity index (χ0v) is 17.6. The Hall–Kier alpha value is -1.45. The van der Waals surface area contributed by atoms with E-state index < -0.39 is 6.10 Å². The van der Waals surface area contributed by atoms with Gasteiger partial charge in [0, 0.05) is 5.41 Å². The fourth-order valence-electron chi connectivity index (χ4n) is 7.41. The van der Waals surface area contributed by atoms with E-state index in [1.807, 2.05) is 0 Å². The van der Waals surface area contributed by atoms with Crippen LogP contribution in [0.25, 0.3) is 6.08 Å².